The molecule has 0 aromatic heterocycles. The first-order valence-electron chi connectivity index (χ1n) is 5.21. The lowest BCUT2D eigenvalue weighted by atomic mass is 10.0. The molecule has 0 aliphatic rings. The summed E-state index contributed by atoms with van der Waals surface area (Å²) in [7, 11) is 0. The Morgan fingerprint density at radius 2 is 1.18 bits per heavy atom. The largest absolute Gasteiger partial charge is 0.307 e. The van der Waals surface area contributed by atoms with E-state index in [1.54, 1.807) is 0 Å². The average molecular weight is 259 g/mol. The Bertz CT molecular complexity index is 273. The number of hydrogen-bond donors (Lipinski definition) is 0. The fourth-order valence-corrected chi connectivity index (χ4v) is 1.25. The Hall–Kier alpha value is -1.15. The van der Waals surface area contributed by atoms with Gasteiger partial charge in [-0.2, -0.15) is 0 Å². The van der Waals surface area contributed by atoms with Gasteiger partial charge in [0.2, 0.25) is 0 Å². The summed E-state index contributed by atoms with van der Waals surface area (Å²) >= 11 is 5.00. The van der Waals surface area contributed by atoms with Crippen molar-refractivity contribution in [3.8, 4) is 0 Å². The zero-order valence-electron chi connectivity index (χ0n) is 11.5. The molecule has 0 amide bonds. The van der Waals surface area contributed by atoms with Crippen LogP contribution in [0.2, 0.25) is 0 Å². The smallest absolute Gasteiger partial charge is 0.106 e. The molecule has 0 N–H and O–H groups in total. The van der Waals surface area contributed by atoms with E-state index >= 15 is 0 Å². The van der Waals surface area contributed by atoms with Crippen LogP contribution in [0.15, 0.2) is 12.1 Å². The summed E-state index contributed by atoms with van der Waals surface area (Å²) < 4.78 is 0. The molecule has 17 heavy (non-hydrogen) atoms. The van der Waals surface area contributed by atoms with Crippen molar-refractivity contribution in [2.24, 2.45) is 0 Å². The van der Waals surface area contributed by atoms with E-state index in [0.29, 0.717) is 0 Å². The molecular weight excluding hydrogens is 236 g/mol. The van der Waals surface area contributed by atoms with Crippen molar-refractivity contribution in [1.29, 1.82) is 0 Å². The van der Waals surface area contributed by atoms with Gasteiger partial charge in [0.1, 0.15) is 13.6 Å². The van der Waals surface area contributed by atoms with E-state index in [1.807, 2.05) is 20.5 Å². The molecule has 98 valence electrons. The topological polar surface area (TPSA) is 34.1 Å². The van der Waals surface area contributed by atoms with Crippen molar-refractivity contribution in [3.63, 3.8) is 0 Å². The van der Waals surface area contributed by atoms with Gasteiger partial charge in [0, 0.05) is 5.88 Å². The van der Waals surface area contributed by atoms with Crippen molar-refractivity contribution in [2.45, 2.75) is 34.6 Å². The summed E-state index contributed by atoms with van der Waals surface area (Å²) in [6.45, 7) is 14.5. The van der Waals surface area contributed by atoms with Gasteiger partial charge in [0.15, 0.2) is 0 Å². The van der Waals surface area contributed by atoms with Crippen molar-refractivity contribution in [2.75, 3.05) is 5.88 Å². The maximum absolute atomic E-state index is 8.00. The normalized spacial score (nSPS) is 7.41. The van der Waals surface area contributed by atoms with Crippen LogP contribution in [0.1, 0.15) is 29.2 Å². The average Bonchev–Trinajstić information content (AvgIpc) is 2.32. The van der Waals surface area contributed by atoms with E-state index in [-0.39, 0.29) is 0 Å². The Morgan fingerprint density at radius 1 is 0.941 bits per heavy atom. The first kappa shape index (κ1) is 21.2. The fourth-order valence-electron chi connectivity index (χ4n) is 1.25. The molecule has 0 aliphatic heterocycles. The molecule has 0 saturated heterocycles. The van der Waals surface area contributed by atoms with Crippen molar-refractivity contribution < 1.29 is 9.59 Å². The van der Waals surface area contributed by atoms with Crippen molar-refractivity contribution in [3.05, 3.63) is 34.4 Å². The van der Waals surface area contributed by atoms with E-state index in [2.05, 4.69) is 39.8 Å². The van der Waals surface area contributed by atoms with Crippen molar-refractivity contribution in [1.82, 2.24) is 0 Å². The minimum atomic E-state index is 0.722. The van der Waals surface area contributed by atoms with Gasteiger partial charge >= 0.3 is 0 Å². The molecule has 0 bridgehead atoms. The molecule has 2 nitrogen and oxygen atoms in total. The summed E-state index contributed by atoms with van der Waals surface area (Å²) in [6, 6.07) is 4.45. The second-order valence-corrected chi connectivity index (χ2v) is 3.83. The molecule has 0 fully saturated rings. The number of aryl methyl sites for hydroxylation is 3. The highest BCUT2D eigenvalue weighted by Gasteiger charge is 1.95. The fraction of sp³-hybridized carbons (Fsp3) is 0.429. The first-order valence-corrected chi connectivity index (χ1v) is 5.74. The molecule has 0 unspecified atom stereocenters. The summed E-state index contributed by atoms with van der Waals surface area (Å²) in [4.78, 5) is 16.0. The molecule has 3 heteroatoms. The van der Waals surface area contributed by atoms with Crippen LogP contribution < -0.4 is 0 Å². The van der Waals surface area contributed by atoms with E-state index in [9.17, 15) is 0 Å². The lowest BCUT2D eigenvalue weighted by Gasteiger charge is -2.04. The number of carbonyl (C=O) groups excluding carboxylic acids is 2. The van der Waals surface area contributed by atoms with E-state index < -0.39 is 0 Å². The SMILES string of the molecule is C=O.C=O.CCCl.Cc1cc(C)c(C)c(C)c1. The summed E-state index contributed by atoms with van der Waals surface area (Å²) in [5, 5.41) is 0. The van der Waals surface area contributed by atoms with Crippen LogP contribution in [0.5, 0.6) is 0 Å². The number of benzene rings is 1. The Morgan fingerprint density at radius 3 is 1.41 bits per heavy atom. The van der Waals surface area contributed by atoms with Gasteiger partial charge < -0.3 is 9.59 Å². The third-order valence-corrected chi connectivity index (χ3v) is 2.07. The van der Waals surface area contributed by atoms with Gasteiger partial charge in [-0.25, -0.2) is 0 Å². The summed E-state index contributed by atoms with van der Waals surface area (Å²) in [5.74, 6) is 0.722. The molecule has 0 radical (unpaired) electrons. The van der Waals surface area contributed by atoms with Gasteiger partial charge in [0.05, 0.1) is 0 Å². The van der Waals surface area contributed by atoms with E-state index in [0.717, 1.165) is 5.88 Å². The van der Waals surface area contributed by atoms with Crippen molar-refractivity contribution >= 4 is 25.2 Å². The lowest BCUT2D eigenvalue weighted by Crippen LogP contribution is -1.86. The summed E-state index contributed by atoms with van der Waals surface area (Å²) in [5.41, 5.74) is 5.58. The summed E-state index contributed by atoms with van der Waals surface area (Å²) in [6.07, 6.45) is 0. The second kappa shape index (κ2) is 14.8. The van der Waals surface area contributed by atoms with Crippen LogP contribution in [-0.4, -0.2) is 19.5 Å². The van der Waals surface area contributed by atoms with Gasteiger partial charge in [0.25, 0.3) is 0 Å². The number of rotatable bonds is 0. The molecule has 0 saturated carbocycles. The number of carbonyl (C=O) groups is 2. The van der Waals surface area contributed by atoms with Crippen LogP contribution in [0, 0.1) is 27.7 Å². The lowest BCUT2D eigenvalue weighted by molar-refractivity contribution is -0.0987. The third-order valence-electron chi connectivity index (χ3n) is 2.07. The Labute approximate surface area is 110 Å². The molecular formula is C14H23ClO2. The quantitative estimate of drug-likeness (QED) is 0.664. The van der Waals surface area contributed by atoms with Gasteiger partial charge in [-0.3, -0.25) is 0 Å². The molecule has 1 rings (SSSR count). The molecule has 0 spiro atoms. The van der Waals surface area contributed by atoms with Gasteiger partial charge in [-0.15, -0.1) is 11.6 Å². The van der Waals surface area contributed by atoms with E-state index in [1.165, 1.54) is 22.3 Å². The Kier molecular flexibility index (Phi) is 18.5. The monoisotopic (exact) mass is 258 g/mol. The van der Waals surface area contributed by atoms with Crippen LogP contribution >= 0.6 is 11.6 Å². The third kappa shape index (κ3) is 11.1. The molecule has 1 aromatic rings. The predicted octanol–water partition coefficient (Wildman–Crippen LogP) is 3.80. The maximum Gasteiger partial charge on any atom is 0.106 e. The highest BCUT2D eigenvalue weighted by molar-refractivity contribution is 6.17. The number of halogens is 1. The van der Waals surface area contributed by atoms with Crippen LogP contribution in [0.25, 0.3) is 0 Å². The minimum Gasteiger partial charge on any atom is -0.307 e. The number of alkyl halides is 1. The maximum atomic E-state index is 8.00. The van der Waals surface area contributed by atoms with Crippen LogP contribution in [0.4, 0.5) is 0 Å². The first-order chi connectivity index (χ1) is 8.02. The molecule has 0 aliphatic carbocycles. The minimum absolute atomic E-state index is 0.722. The Balaban J connectivity index is -0.000000239. The predicted molar refractivity (Wildman–Crippen MR) is 76.0 cm³/mol. The van der Waals surface area contributed by atoms with Crippen LogP contribution in [-0.2, 0) is 9.59 Å². The highest BCUT2D eigenvalue weighted by Crippen LogP contribution is 2.13. The second-order valence-electron chi connectivity index (χ2n) is 3.29. The molecule has 1 aromatic carbocycles. The molecule has 0 heterocycles. The highest BCUT2D eigenvalue weighted by atomic mass is 35.5. The van der Waals surface area contributed by atoms with Crippen LogP contribution in [0.3, 0.4) is 0 Å². The van der Waals surface area contributed by atoms with E-state index in [4.69, 9.17) is 21.2 Å². The van der Waals surface area contributed by atoms with Gasteiger partial charge in [-0.1, -0.05) is 24.6 Å². The standard InChI is InChI=1S/C10H14.C2H5Cl.2CH2O/c1-7-5-8(2)10(4)9(3)6-7;1-2-3;2*1-2/h5-6H,1-4H3;2H2,1H3;2*1H2. The number of hydrogen-bond acceptors (Lipinski definition) is 2. The zero-order valence-corrected chi connectivity index (χ0v) is 12.2. The molecule has 0 atom stereocenters. The zero-order chi connectivity index (χ0) is 14.4. The van der Waals surface area contributed by atoms with Gasteiger partial charge in [-0.05, 0) is 44.4 Å².